The molecule has 0 saturated carbocycles. The van der Waals surface area contributed by atoms with Gasteiger partial charge in [0.05, 0.1) is 5.34 Å². The third-order valence-electron chi connectivity index (χ3n) is 8.83. The first-order valence-electron chi connectivity index (χ1n) is 14.9. The number of nitrogens with zero attached hydrogens (tertiary/aromatic N) is 1. The van der Waals surface area contributed by atoms with E-state index in [1.54, 1.807) is 0 Å². The van der Waals surface area contributed by atoms with E-state index in [-0.39, 0.29) is 0 Å². The van der Waals surface area contributed by atoms with Crippen LogP contribution < -0.4 is 0 Å². The average Bonchev–Trinajstić information content (AvgIpc) is 3.15. The predicted molar refractivity (Wildman–Crippen MR) is 119 cm³/mol. The molecule has 0 aliphatic heterocycles. The number of hydrogen-bond donors (Lipinski definition) is 0. The van der Waals surface area contributed by atoms with E-state index in [1.807, 2.05) is 0 Å². The second kappa shape index (κ2) is 16.5. The molecule has 0 aromatic rings. The number of alkyl halides is 47. The fourth-order valence-electron chi connectivity index (χ4n) is 4.22. The second-order valence-electron chi connectivity index (χ2n) is 13.3. The number of halogens is 49. The van der Waals surface area contributed by atoms with Crippen molar-refractivity contribution < 1.29 is 215 Å². The Kier molecular flexibility index (Phi) is 15.7. The van der Waals surface area contributed by atoms with Crippen LogP contribution in [0.15, 0.2) is 0 Å². The molecule has 0 fully saturated rings. The van der Waals surface area contributed by atoms with Crippen molar-refractivity contribution in [1.82, 2.24) is 5.34 Å². The van der Waals surface area contributed by atoms with Crippen molar-refractivity contribution in [3.63, 3.8) is 0 Å². The summed E-state index contributed by atoms with van der Waals surface area (Å²) < 4.78 is 663. The Hall–Kier alpha value is -3.47. The van der Waals surface area contributed by atoms with Gasteiger partial charge in [0.1, 0.15) is 0 Å². The van der Waals surface area contributed by atoms with Gasteiger partial charge in [-0.2, -0.15) is 206 Å². The lowest BCUT2D eigenvalue weighted by Crippen LogP contribution is -2.81. The van der Waals surface area contributed by atoms with Gasteiger partial charge in [0.25, 0.3) is 0 Å². The van der Waals surface area contributed by atoms with Crippen LogP contribution in [-0.2, 0) is 0 Å². The molecule has 0 spiro atoms. The van der Waals surface area contributed by atoms with E-state index < -0.39 is 142 Å². The molecule has 0 aliphatic rings. The van der Waals surface area contributed by atoms with E-state index in [2.05, 4.69) is 0 Å². The molecule has 0 N–H and O–H groups in total. The zero-order chi connectivity index (χ0) is 61.1. The van der Waals surface area contributed by atoms with E-state index in [1.165, 1.54) is 0 Å². The maximum Gasteiger partial charge on any atom is 0.460 e. The van der Waals surface area contributed by atoms with Crippen LogP contribution >= 0.6 is 0 Å². The minimum Gasteiger partial charge on any atom is -0.192 e. The van der Waals surface area contributed by atoms with Crippen LogP contribution in [0.4, 0.5) is 215 Å². The van der Waals surface area contributed by atoms with Crippen LogP contribution in [-0.4, -0.2) is 142 Å². The van der Waals surface area contributed by atoms with Gasteiger partial charge in [0, 0.05) is 0 Å². The number of hydrogen-bond acceptors (Lipinski definition) is 1. The molecule has 0 amide bonds. The molecule has 0 aliphatic carbocycles. The highest BCUT2D eigenvalue weighted by molar-refractivity contribution is 5.24. The van der Waals surface area contributed by atoms with Gasteiger partial charge in [0.15, 0.2) is 0 Å². The summed E-state index contributed by atoms with van der Waals surface area (Å²) in [4.78, 5) is 0. The number of rotatable bonds is 22. The lowest BCUT2D eigenvalue weighted by atomic mass is 9.81. The molecular formula is C23F49N. The molecule has 0 saturated heterocycles. The first-order chi connectivity index (χ1) is 30.4. The van der Waals surface area contributed by atoms with E-state index in [0.29, 0.717) is 0 Å². The van der Waals surface area contributed by atoms with E-state index >= 15 is 0 Å². The van der Waals surface area contributed by atoms with Crippen molar-refractivity contribution >= 4 is 0 Å². The standard InChI is InChI=1S/C23F49N/c24-1(25,2(26,27)4(30,31)6(34,35)8(38,39)10(42,43)12(46,47)14(50,51)16(54,55)18(58,59)20(62,63)22(66,67)68)3(28,29)5(32,33)7(36,37)9(40,41)11(44,45)13(48,49)15(52,53)17(56,57)19(60,61)21(64,65)23(69,70)73(71)72. The van der Waals surface area contributed by atoms with Gasteiger partial charge in [-0.1, -0.05) is 8.96 Å². The lowest BCUT2D eigenvalue weighted by molar-refractivity contribution is -0.501. The first-order valence-corrected chi connectivity index (χ1v) is 14.9. The smallest absolute Gasteiger partial charge is 0.192 e. The van der Waals surface area contributed by atoms with Crippen molar-refractivity contribution in [2.75, 3.05) is 0 Å². The van der Waals surface area contributed by atoms with Crippen molar-refractivity contribution in [3.05, 3.63) is 0 Å². The molecule has 0 bridgehead atoms. The van der Waals surface area contributed by atoms with Crippen LogP contribution in [0.3, 0.4) is 0 Å². The highest BCUT2D eigenvalue weighted by atomic mass is 19.5. The van der Waals surface area contributed by atoms with Crippen LogP contribution in [0.1, 0.15) is 0 Å². The SMILES string of the molecule is FN(F)C(F)(F)C(F)(F)C(F)(F)C(F)(F)C(F)(F)C(F)(F)C(F)(F)C(F)(F)C(F)(F)C(F)(F)C(F)(F)C(F)(F)C(F)(F)C(F)(F)C(F)(F)C(F)(F)C(F)(F)C(F)(F)C(F)(F)C(F)(F)C(F)(F)C(F)(F)C(F)(F)F. The fraction of sp³-hybridized carbons (Fsp3) is 1.00. The summed E-state index contributed by atoms with van der Waals surface area (Å²) >= 11 is 0. The maximum atomic E-state index is 14.1. The quantitative estimate of drug-likeness (QED) is 0.0593. The average molecular weight is 1220 g/mol. The summed E-state index contributed by atoms with van der Waals surface area (Å²) in [5.41, 5.74) is 0. The Labute approximate surface area is 359 Å². The highest BCUT2D eigenvalue weighted by Gasteiger charge is 3.04. The summed E-state index contributed by atoms with van der Waals surface area (Å²) in [7, 11) is 0. The largest absolute Gasteiger partial charge is 0.460 e. The van der Waals surface area contributed by atoms with Crippen molar-refractivity contribution in [2.45, 2.75) is 137 Å². The van der Waals surface area contributed by atoms with Crippen LogP contribution in [0.5, 0.6) is 0 Å². The second-order valence-corrected chi connectivity index (χ2v) is 13.3. The van der Waals surface area contributed by atoms with E-state index in [4.69, 9.17) is 0 Å². The molecule has 0 atom stereocenters. The molecule has 0 heterocycles. The maximum absolute atomic E-state index is 14.1. The summed E-state index contributed by atoms with van der Waals surface area (Å²) in [6.45, 7) is 0. The van der Waals surface area contributed by atoms with Gasteiger partial charge in [0.2, 0.25) is 0 Å². The zero-order valence-electron chi connectivity index (χ0n) is 30.5. The molecule has 0 aromatic heterocycles. The minimum absolute atomic E-state index is 4.83. The molecule has 0 radical (unpaired) electrons. The van der Waals surface area contributed by atoms with Gasteiger partial charge in [-0.15, -0.1) is 0 Å². The van der Waals surface area contributed by atoms with E-state index in [9.17, 15) is 215 Å². The predicted octanol–water partition coefficient (Wildman–Crippen LogP) is 15.6. The third-order valence-corrected chi connectivity index (χ3v) is 8.83. The van der Waals surface area contributed by atoms with Gasteiger partial charge < -0.3 is 0 Å². The van der Waals surface area contributed by atoms with Gasteiger partial charge in [-0.25, -0.2) is 0 Å². The van der Waals surface area contributed by atoms with Crippen LogP contribution in [0, 0.1) is 0 Å². The summed E-state index contributed by atoms with van der Waals surface area (Å²) in [6, 6.07) is -8.60. The highest BCUT2D eigenvalue weighted by Crippen LogP contribution is 2.72. The van der Waals surface area contributed by atoms with Crippen molar-refractivity contribution in [3.8, 4) is 0 Å². The summed E-state index contributed by atoms with van der Waals surface area (Å²) in [5.74, 6) is -219. The Bertz CT molecular complexity index is 1990. The molecule has 73 heavy (non-hydrogen) atoms. The summed E-state index contributed by atoms with van der Waals surface area (Å²) in [5, 5.41) is -4.83. The first kappa shape index (κ1) is 69.5. The minimum atomic E-state index is -10.9. The van der Waals surface area contributed by atoms with E-state index in [0.717, 1.165) is 0 Å². The monoisotopic (exact) mass is 1220 g/mol. The Morgan fingerprint density at radius 2 is 0.205 bits per heavy atom. The Morgan fingerprint density at radius 1 is 0.123 bits per heavy atom. The fourth-order valence-corrected chi connectivity index (χ4v) is 4.22. The van der Waals surface area contributed by atoms with Crippen molar-refractivity contribution in [1.29, 1.82) is 0 Å². The zero-order valence-corrected chi connectivity index (χ0v) is 30.5. The van der Waals surface area contributed by atoms with Crippen molar-refractivity contribution in [2.24, 2.45) is 0 Å². The van der Waals surface area contributed by atoms with Gasteiger partial charge in [-0.3, -0.25) is 0 Å². The van der Waals surface area contributed by atoms with Gasteiger partial charge in [-0.05, 0) is 0 Å². The molecule has 440 valence electrons. The van der Waals surface area contributed by atoms with Gasteiger partial charge >= 0.3 is 137 Å². The normalized spacial score (nSPS) is 17.5. The topological polar surface area (TPSA) is 3.24 Å². The van der Waals surface area contributed by atoms with Crippen LogP contribution in [0.25, 0.3) is 0 Å². The Balaban J connectivity index is 8.16. The summed E-state index contributed by atoms with van der Waals surface area (Å²) in [6.07, 6.45) is -8.62. The Morgan fingerprint density at radius 3 is 0.288 bits per heavy atom. The molecule has 1 nitrogen and oxygen atoms in total. The molecule has 0 rings (SSSR count). The molecule has 0 unspecified atom stereocenters. The van der Waals surface area contributed by atoms with Crippen LogP contribution in [0.2, 0.25) is 0 Å². The lowest BCUT2D eigenvalue weighted by Gasteiger charge is -2.47. The molecule has 0 aromatic carbocycles. The molecule has 50 heteroatoms. The third kappa shape index (κ3) is 7.54. The molecular weight excluding hydrogens is 1220 g/mol.